The fourth-order valence-electron chi connectivity index (χ4n) is 3.82. The highest BCUT2D eigenvalue weighted by Crippen LogP contribution is 2.33. The molecule has 1 atom stereocenters. The minimum Gasteiger partial charge on any atom is -0.350 e. The summed E-state index contributed by atoms with van der Waals surface area (Å²) in [6.07, 6.45) is 4.73. The van der Waals surface area contributed by atoms with Gasteiger partial charge in [-0.25, -0.2) is 4.98 Å². The van der Waals surface area contributed by atoms with Crippen LogP contribution in [0.4, 0.5) is 0 Å². The Labute approximate surface area is 153 Å². The number of nitrogens with one attached hydrogen (secondary N) is 1. The van der Waals surface area contributed by atoms with Crippen LogP contribution < -0.4 is 5.32 Å². The van der Waals surface area contributed by atoms with Gasteiger partial charge < -0.3 is 14.8 Å². The van der Waals surface area contributed by atoms with Crippen molar-refractivity contribution >= 4 is 22.8 Å². The third-order valence-corrected chi connectivity index (χ3v) is 5.65. The number of carbonyl (C=O) groups excluding carboxylic acids is 2. The van der Waals surface area contributed by atoms with Gasteiger partial charge in [-0.05, 0) is 56.7 Å². The molecule has 2 fully saturated rings. The quantitative estimate of drug-likeness (QED) is 0.916. The molecule has 2 amide bonds. The smallest absolute Gasteiger partial charge is 0.243 e. The first-order valence-electron chi connectivity index (χ1n) is 9.55. The van der Waals surface area contributed by atoms with Crippen molar-refractivity contribution in [2.24, 2.45) is 13.0 Å². The summed E-state index contributed by atoms with van der Waals surface area (Å²) in [6.45, 7) is 3.16. The number of piperidine rings is 1. The second-order valence-electron chi connectivity index (χ2n) is 7.58. The van der Waals surface area contributed by atoms with Crippen LogP contribution in [-0.4, -0.2) is 38.9 Å². The average Bonchev–Trinajstić information content (AvgIpc) is 3.46. The highest BCUT2D eigenvalue weighted by molar-refractivity contribution is 5.89. The van der Waals surface area contributed by atoms with Crippen LogP contribution in [0, 0.1) is 12.8 Å². The molecular weight excluding hydrogens is 328 g/mol. The molecule has 1 aromatic carbocycles. The van der Waals surface area contributed by atoms with Crippen molar-refractivity contribution < 1.29 is 9.59 Å². The van der Waals surface area contributed by atoms with E-state index in [1.165, 1.54) is 0 Å². The third kappa shape index (κ3) is 3.20. The number of hydrogen-bond acceptors (Lipinski definition) is 3. The van der Waals surface area contributed by atoms with Gasteiger partial charge in [0.15, 0.2) is 0 Å². The summed E-state index contributed by atoms with van der Waals surface area (Å²) in [5.74, 6) is 1.28. The van der Waals surface area contributed by atoms with Crippen LogP contribution in [0.5, 0.6) is 0 Å². The standard InChI is InChI=1S/C20H26N4O2/c1-13-22-16-11-14(6-9-17(16)23(13)2)12-21-19(25)18-5-3-4-10-24(18)20(26)15-7-8-15/h6,9,11,15,18H,3-5,7-8,10,12H2,1-2H3,(H,21,25)/t18-/m1/s1. The topological polar surface area (TPSA) is 67.2 Å². The number of amides is 2. The molecule has 1 saturated carbocycles. The molecular formula is C20H26N4O2. The molecule has 1 aromatic heterocycles. The summed E-state index contributed by atoms with van der Waals surface area (Å²) in [5, 5.41) is 3.03. The van der Waals surface area contributed by atoms with Gasteiger partial charge in [-0.1, -0.05) is 6.07 Å². The summed E-state index contributed by atoms with van der Waals surface area (Å²) < 4.78 is 2.06. The Morgan fingerprint density at radius 2 is 2.04 bits per heavy atom. The minimum absolute atomic E-state index is 0.0315. The molecule has 0 radical (unpaired) electrons. The fourth-order valence-corrected chi connectivity index (χ4v) is 3.82. The van der Waals surface area contributed by atoms with Gasteiger partial charge in [-0.3, -0.25) is 9.59 Å². The number of fused-ring (bicyclic) bond motifs is 1. The zero-order valence-electron chi connectivity index (χ0n) is 15.5. The number of carbonyl (C=O) groups is 2. The zero-order chi connectivity index (χ0) is 18.3. The lowest BCUT2D eigenvalue weighted by Crippen LogP contribution is -2.52. The van der Waals surface area contributed by atoms with Gasteiger partial charge >= 0.3 is 0 Å². The lowest BCUT2D eigenvalue weighted by Gasteiger charge is -2.35. The van der Waals surface area contributed by atoms with Crippen LogP contribution in [0.15, 0.2) is 18.2 Å². The van der Waals surface area contributed by atoms with E-state index in [9.17, 15) is 9.59 Å². The van der Waals surface area contributed by atoms with E-state index in [0.29, 0.717) is 13.1 Å². The lowest BCUT2D eigenvalue weighted by atomic mass is 10.0. The molecule has 2 heterocycles. The van der Waals surface area contributed by atoms with Gasteiger partial charge in [-0.2, -0.15) is 0 Å². The summed E-state index contributed by atoms with van der Waals surface area (Å²) in [4.78, 5) is 31.6. The monoisotopic (exact) mass is 354 g/mol. The van der Waals surface area contributed by atoms with Gasteiger partial charge in [0.25, 0.3) is 0 Å². The minimum atomic E-state index is -0.308. The van der Waals surface area contributed by atoms with E-state index in [1.54, 1.807) is 0 Å². The van der Waals surface area contributed by atoms with Gasteiger partial charge in [0, 0.05) is 26.1 Å². The van der Waals surface area contributed by atoms with E-state index >= 15 is 0 Å². The average molecular weight is 354 g/mol. The number of aryl methyl sites for hydroxylation is 2. The van der Waals surface area contributed by atoms with Crippen molar-refractivity contribution in [3.63, 3.8) is 0 Å². The predicted octanol–water partition coefficient (Wildman–Crippen LogP) is 2.29. The van der Waals surface area contributed by atoms with E-state index in [4.69, 9.17) is 0 Å². The number of imidazole rings is 1. The molecule has 0 bridgehead atoms. The molecule has 2 aliphatic rings. The van der Waals surface area contributed by atoms with E-state index in [-0.39, 0.29) is 23.8 Å². The SMILES string of the molecule is Cc1nc2cc(CNC(=O)[C@H]3CCCCN3C(=O)C3CC3)ccc2n1C. The van der Waals surface area contributed by atoms with Gasteiger partial charge in [-0.15, -0.1) is 0 Å². The highest BCUT2D eigenvalue weighted by atomic mass is 16.2. The molecule has 1 aliphatic carbocycles. The summed E-state index contributed by atoms with van der Waals surface area (Å²) >= 11 is 0. The summed E-state index contributed by atoms with van der Waals surface area (Å²) in [7, 11) is 2.00. The van der Waals surface area contributed by atoms with Crippen molar-refractivity contribution in [3.05, 3.63) is 29.6 Å². The van der Waals surface area contributed by atoms with Gasteiger partial charge in [0.05, 0.1) is 11.0 Å². The number of hydrogen-bond donors (Lipinski definition) is 1. The van der Waals surface area contributed by atoms with Crippen molar-refractivity contribution in [1.29, 1.82) is 0 Å². The molecule has 26 heavy (non-hydrogen) atoms. The van der Waals surface area contributed by atoms with E-state index < -0.39 is 0 Å². The Morgan fingerprint density at radius 3 is 2.81 bits per heavy atom. The molecule has 138 valence electrons. The number of likely N-dealkylation sites (tertiary alicyclic amines) is 1. The van der Waals surface area contributed by atoms with Crippen LogP contribution >= 0.6 is 0 Å². The number of aromatic nitrogens is 2. The molecule has 1 aliphatic heterocycles. The molecule has 6 heteroatoms. The van der Waals surface area contributed by atoms with E-state index in [1.807, 2.05) is 37.1 Å². The van der Waals surface area contributed by atoms with Gasteiger partial charge in [0.1, 0.15) is 11.9 Å². The molecule has 1 N–H and O–H groups in total. The Morgan fingerprint density at radius 1 is 1.23 bits per heavy atom. The van der Waals surface area contributed by atoms with Crippen molar-refractivity contribution in [3.8, 4) is 0 Å². The maximum atomic E-state index is 12.7. The largest absolute Gasteiger partial charge is 0.350 e. The first-order chi connectivity index (χ1) is 12.5. The Balaban J connectivity index is 1.43. The van der Waals surface area contributed by atoms with Crippen molar-refractivity contribution in [2.45, 2.75) is 51.6 Å². The Kier molecular flexibility index (Phi) is 4.42. The highest BCUT2D eigenvalue weighted by Gasteiger charge is 2.39. The van der Waals surface area contributed by atoms with Crippen molar-refractivity contribution in [1.82, 2.24) is 19.8 Å². The molecule has 2 aromatic rings. The van der Waals surface area contributed by atoms with Crippen LogP contribution in [0.2, 0.25) is 0 Å². The molecule has 1 saturated heterocycles. The van der Waals surface area contributed by atoms with Crippen molar-refractivity contribution in [2.75, 3.05) is 6.54 Å². The van der Waals surface area contributed by atoms with Crippen LogP contribution in [-0.2, 0) is 23.2 Å². The first kappa shape index (κ1) is 17.1. The molecule has 0 unspecified atom stereocenters. The second kappa shape index (κ2) is 6.74. The van der Waals surface area contributed by atoms with Crippen LogP contribution in [0.25, 0.3) is 11.0 Å². The summed E-state index contributed by atoms with van der Waals surface area (Å²) in [6, 6.07) is 5.78. The zero-order valence-corrected chi connectivity index (χ0v) is 15.5. The number of nitrogens with zero attached hydrogens (tertiary/aromatic N) is 3. The van der Waals surface area contributed by atoms with E-state index in [0.717, 1.165) is 54.5 Å². The molecule has 4 rings (SSSR count). The molecule has 0 spiro atoms. The Hall–Kier alpha value is -2.37. The number of benzene rings is 1. The lowest BCUT2D eigenvalue weighted by molar-refractivity contribution is -0.143. The van der Waals surface area contributed by atoms with Crippen LogP contribution in [0.3, 0.4) is 0 Å². The maximum absolute atomic E-state index is 12.7. The fraction of sp³-hybridized carbons (Fsp3) is 0.550. The normalized spacial score (nSPS) is 20.4. The predicted molar refractivity (Wildman–Crippen MR) is 99.4 cm³/mol. The second-order valence-corrected chi connectivity index (χ2v) is 7.58. The van der Waals surface area contributed by atoms with Gasteiger partial charge in [0.2, 0.25) is 11.8 Å². The maximum Gasteiger partial charge on any atom is 0.243 e. The summed E-state index contributed by atoms with van der Waals surface area (Å²) in [5.41, 5.74) is 3.06. The number of rotatable bonds is 4. The first-order valence-corrected chi connectivity index (χ1v) is 9.55. The Bertz CT molecular complexity index is 853. The van der Waals surface area contributed by atoms with E-state index in [2.05, 4.69) is 14.9 Å². The van der Waals surface area contributed by atoms with Crippen LogP contribution in [0.1, 0.15) is 43.5 Å². The third-order valence-electron chi connectivity index (χ3n) is 5.65. The molecule has 6 nitrogen and oxygen atoms in total.